The molecule has 2 aliphatic rings. The maximum absolute atomic E-state index is 12.3. The van der Waals surface area contributed by atoms with Crippen molar-refractivity contribution in [2.75, 3.05) is 28.3 Å². The number of rotatable bonds is 9. The standard InChI is InChI=1S/C18H16N4O2.C16H16N4O2.C6H15NO2/c1-11-20-17(22-24-11)14-9-13-7-8-15(16(13)19-10-14)21-18(23)12-5-3-2-4-6-12;17-15(20-22)12-8-11-6-7-13(14(11)18-9-12)19-16(21)10-4-2-1-3-5-10;1-6(8-4,9-5)7(2)3/h2-6,9-10,15H,7-8H2,1H3,(H,21,23);1-5,8-9,13,22H,6-7H2,(H2,17,20)(H,19,21);1-5H3. The summed E-state index contributed by atoms with van der Waals surface area (Å²) < 4.78 is 15.1. The molecule has 3 aromatic heterocycles. The number of nitrogens with two attached hydrogens (primary N) is 1. The van der Waals surface area contributed by atoms with Gasteiger partial charge in [-0.15, -0.1) is 0 Å². The van der Waals surface area contributed by atoms with E-state index in [4.69, 9.17) is 24.9 Å². The van der Waals surface area contributed by atoms with Crippen molar-refractivity contribution in [1.82, 2.24) is 35.6 Å². The van der Waals surface area contributed by atoms with E-state index >= 15 is 0 Å². The van der Waals surface area contributed by atoms with Gasteiger partial charge in [0.25, 0.3) is 11.8 Å². The van der Waals surface area contributed by atoms with Crippen LogP contribution in [0.4, 0.5) is 0 Å². The van der Waals surface area contributed by atoms with Gasteiger partial charge in [0.1, 0.15) is 0 Å². The van der Waals surface area contributed by atoms with Gasteiger partial charge in [-0.1, -0.05) is 46.7 Å². The molecule has 0 saturated heterocycles. The number of amides is 2. The van der Waals surface area contributed by atoms with Gasteiger partial charge in [0, 0.05) is 62.7 Å². The molecular formula is C40H47N9O6. The van der Waals surface area contributed by atoms with Gasteiger partial charge in [0.2, 0.25) is 17.6 Å². The fourth-order valence-corrected chi connectivity index (χ4v) is 6.07. The van der Waals surface area contributed by atoms with Gasteiger partial charge >= 0.3 is 0 Å². The number of hydrogen-bond acceptors (Lipinski definition) is 12. The summed E-state index contributed by atoms with van der Waals surface area (Å²) in [5, 5.41) is 21.7. The predicted molar refractivity (Wildman–Crippen MR) is 205 cm³/mol. The van der Waals surface area contributed by atoms with Crippen molar-refractivity contribution in [3.63, 3.8) is 0 Å². The molecule has 7 rings (SSSR count). The Hall–Kier alpha value is -6.03. The number of hydrogen-bond donors (Lipinski definition) is 4. The summed E-state index contributed by atoms with van der Waals surface area (Å²) in [5.74, 6) is 0.332. The van der Waals surface area contributed by atoms with Crippen molar-refractivity contribution < 1.29 is 28.8 Å². The Bertz CT molecular complexity index is 2090. The SMILES string of the molecule is COC(C)(OC)N(C)C.Cc1nc(-c2cnc3c(c2)CCC3NC(=O)c2ccccc2)no1.NC(=NO)c1cnc2c(c1)CCC2NC(=O)c1ccccc1. The van der Waals surface area contributed by atoms with Crippen molar-refractivity contribution in [2.24, 2.45) is 10.9 Å². The highest BCUT2D eigenvalue weighted by Gasteiger charge is 2.28. The Morgan fingerprint density at radius 1 is 0.855 bits per heavy atom. The first-order valence-corrected chi connectivity index (χ1v) is 17.7. The van der Waals surface area contributed by atoms with E-state index in [-0.39, 0.29) is 29.7 Å². The van der Waals surface area contributed by atoms with Gasteiger partial charge in [-0.2, -0.15) is 4.98 Å². The Kier molecular flexibility index (Phi) is 13.4. The average molecular weight is 750 g/mol. The zero-order valence-corrected chi connectivity index (χ0v) is 31.8. The number of carbonyl (C=O) groups excluding carboxylic acids is 2. The molecule has 15 nitrogen and oxygen atoms in total. The maximum atomic E-state index is 12.3. The van der Waals surface area contributed by atoms with Gasteiger partial charge in [0.05, 0.1) is 23.5 Å². The predicted octanol–water partition coefficient (Wildman–Crippen LogP) is 4.97. The number of ether oxygens (including phenoxy) is 2. The number of methoxy groups -OCH3 is 2. The second-order valence-corrected chi connectivity index (χ2v) is 13.2. The largest absolute Gasteiger partial charge is 0.409 e. The third-order valence-corrected chi connectivity index (χ3v) is 9.51. The van der Waals surface area contributed by atoms with E-state index in [0.29, 0.717) is 28.4 Å². The van der Waals surface area contributed by atoms with Crippen LogP contribution in [0.1, 0.15) is 86.5 Å². The van der Waals surface area contributed by atoms with E-state index in [1.165, 1.54) is 0 Å². The Labute approximate surface area is 320 Å². The van der Waals surface area contributed by atoms with Crippen LogP contribution in [0, 0.1) is 6.92 Å². The molecule has 0 aliphatic heterocycles. The van der Waals surface area contributed by atoms with E-state index < -0.39 is 5.91 Å². The second kappa shape index (κ2) is 18.3. The average Bonchev–Trinajstić information content (AvgIpc) is 3.96. The number of nitrogens with one attached hydrogen (secondary N) is 2. The van der Waals surface area contributed by atoms with Gasteiger partial charge in [0.15, 0.2) is 5.84 Å². The normalized spacial score (nSPS) is 15.9. The number of nitrogens with zero attached hydrogens (tertiary/aromatic N) is 6. The highest BCUT2D eigenvalue weighted by molar-refractivity contribution is 5.97. The molecule has 55 heavy (non-hydrogen) atoms. The first kappa shape index (κ1) is 40.2. The molecule has 15 heteroatoms. The molecule has 0 radical (unpaired) electrons. The smallest absolute Gasteiger partial charge is 0.251 e. The minimum atomic E-state index is -0.583. The van der Waals surface area contributed by atoms with Crippen LogP contribution in [0.15, 0.2) is 94.9 Å². The molecule has 5 N–H and O–H groups in total. The molecule has 0 fully saturated rings. The topological polar surface area (TPSA) is 203 Å². The third kappa shape index (κ3) is 9.94. The maximum Gasteiger partial charge on any atom is 0.251 e. The van der Waals surface area contributed by atoms with Crippen LogP contribution < -0.4 is 16.4 Å². The highest BCUT2D eigenvalue weighted by Crippen LogP contribution is 2.32. The third-order valence-electron chi connectivity index (χ3n) is 9.51. The number of benzene rings is 2. The lowest BCUT2D eigenvalue weighted by atomic mass is 10.1. The molecule has 288 valence electrons. The molecule has 2 aliphatic carbocycles. The van der Waals surface area contributed by atoms with E-state index in [1.54, 1.807) is 57.8 Å². The van der Waals surface area contributed by atoms with Crippen LogP contribution in [-0.4, -0.2) is 82.1 Å². The van der Waals surface area contributed by atoms with Crippen LogP contribution in [0.2, 0.25) is 0 Å². The highest BCUT2D eigenvalue weighted by atomic mass is 16.7. The van der Waals surface area contributed by atoms with Crippen LogP contribution in [0.3, 0.4) is 0 Å². The van der Waals surface area contributed by atoms with E-state index in [9.17, 15) is 9.59 Å². The lowest BCUT2D eigenvalue weighted by molar-refractivity contribution is -0.270. The van der Waals surface area contributed by atoms with Crippen molar-refractivity contribution in [2.45, 2.75) is 57.5 Å². The van der Waals surface area contributed by atoms with Crippen molar-refractivity contribution in [3.8, 4) is 11.4 Å². The van der Waals surface area contributed by atoms with Crippen LogP contribution in [-0.2, 0) is 22.3 Å². The fourth-order valence-electron chi connectivity index (χ4n) is 6.07. The molecule has 0 saturated carbocycles. The molecule has 3 heterocycles. The Morgan fingerprint density at radius 2 is 1.36 bits per heavy atom. The van der Waals surface area contributed by atoms with Gasteiger partial charge in [-0.25, -0.2) is 0 Å². The van der Waals surface area contributed by atoms with E-state index in [0.717, 1.165) is 53.8 Å². The van der Waals surface area contributed by atoms with E-state index in [1.807, 2.05) is 74.4 Å². The van der Waals surface area contributed by atoms with Crippen molar-refractivity contribution in [1.29, 1.82) is 0 Å². The quantitative estimate of drug-likeness (QED) is 0.0519. The number of fused-ring (bicyclic) bond motifs is 2. The number of carbonyl (C=O) groups is 2. The van der Waals surface area contributed by atoms with Crippen molar-refractivity contribution in [3.05, 3.63) is 130 Å². The van der Waals surface area contributed by atoms with Crippen molar-refractivity contribution >= 4 is 17.6 Å². The molecular weight excluding hydrogens is 702 g/mol. The summed E-state index contributed by atoms with van der Waals surface area (Å²) in [5.41, 5.74) is 12.2. The summed E-state index contributed by atoms with van der Waals surface area (Å²) in [6.45, 7) is 3.61. The number of aryl methyl sites for hydroxylation is 3. The lowest BCUT2D eigenvalue weighted by Crippen LogP contribution is -2.44. The molecule has 2 unspecified atom stereocenters. The molecule has 2 atom stereocenters. The number of pyridine rings is 2. The first-order chi connectivity index (χ1) is 26.5. The zero-order chi connectivity index (χ0) is 39.5. The zero-order valence-electron chi connectivity index (χ0n) is 31.8. The number of amidine groups is 1. The monoisotopic (exact) mass is 749 g/mol. The Balaban J connectivity index is 0.000000174. The summed E-state index contributed by atoms with van der Waals surface area (Å²) in [6.07, 6.45) is 6.59. The summed E-state index contributed by atoms with van der Waals surface area (Å²) in [4.78, 5) is 39.5. The molecule has 5 aromatic rings. The first-order valence-electron chi connectivity index (χ1n) is 17.7. The summed E-state index contributed by atoms with van der Waals surface area (Å²) in [7, 11) is 7.02. The Morgan fingerprint density at radius 3 is 1.80 bits per heavy atom. The van der Waals surface area contributed by atoms with Gasteiger partial charge in [-0.05, 0) is 87.3 Å². The molecule has 0 spiro atoms. The second-order valence-electron chi connectivity index (χ2n) is 13.2. The summed E-state index contributed by atoms with van der Waals surface area (Å²) in [6, 6.07) is 22.0. The lowest BCUT2D eigenvalue weighted by Gasteiger charge is -2.32. The minimum Gasteiger partial charge on any atom is -0.409 e. The number of oxime groups is 1. The van der Waals surface area contributed by atoms with Gasteiger partial charge < -0.3 is 35.6 Å². The van der Waals surface area contributed by atoms with Gasteiger partial charge in [-0.3, -0.25) is 24.5 Å². The number of aromatic nitrogens is 4. The van der Waals surface area contributed by atoms with E-state index in [2.05, 4.69) is 35.9 Å². The molecule has 0 bridgehead atoms. The van der Waals surface area contributed by atoms with Crippen LogP contribution in [0.25, 0.3) is 11.4 Å². The minimum absolute atomic E-state index is 0.0343. The fraction of sp³-hybridized carbons (Fsp3) is 0.325. The molecule has 2 amide bonds. The van der Waals surface area contributed by atoms with Crippen LogP contribution >= 0.6 is 0 Å². The summed E-state index contributed by atoms with van der Waals surface area (Å²) >= 11 is 0. The van der Waals surface area contributed by atoms with Crippen LogP contribution in [0.5, 0.6) is 0 Å². The molecule has 2 aromatic carbocycles.